The monoisotopic (exact) mass is 413 g/mol. The molecule has 1 aromatic heterocycles. The molecule has 0 unspecified atom stereocenters. The predicted molar refractivity (Wildman–Crippen MR) is 114 cm³/mol. The Morgan fingerprint density at radius 1 is 1.10 bits per heavy atom. The summed E-state index contributed by atoms with van der Waals surface area (Å²) < 4.78 is 13.0. The van der Waals surface area contributed by atoms with Gasteiger partial charge in [-0.15, -0.1) is 0 Å². The molecule has 0 saturated carbocycles. The van der Waals surface area contributed by atoms with Crippen molar-refractivity contribution >= 4 is 39.1 Å². The summed E-state index contributed by atoms with van der Waals surface area (Å²) in [6, 6.07) is 12.9. The van der Waals surface area contributed by atoms with Gasteiger partial charge in [0.15, 0.2) is 4.80 Å². The molecule has 1 amide bonds. The van der Waals surface area contributed by atoms with Gasteiger partial charge in [0.25, 0.3) is 5.91 Å². The van der Waals surface area contributed by atoms with E-state index < -0.39 is 0 Å². The molecule has 8 heteroatoms. The number of methoxy groups -OCH3 is 2. The third-order valence-electron chi connectivity index (χ3n) is 4.48. The standard InChI is InChI=1S/C21H23N3O4S/c1-23(2)15-10-8-14(9-11-15)20(26)22-21-24(13-12-18(25)28-4)19-16(27-3)6-5-7-17(19)29-21/h5-11H,12-13H2,1-4H3. The zero-order valence-electron chi connectivity index (χ0n) is 16.8. The average Bonchev–Trinajstić information content (AvgIpc) is 3.08. The normalized spacial score (nSPS) is 11.5. The summed E-state index contributed by atoms with van der Waals surface area (Å²) in [5.41, 5.74) is 2.30. The van der Waals surface area contributed by atoms with Crippen molar-refractivity contribution in [2.45, 2.75) is 13.0 Å². The first kappa shape index (κ1) is 20.6. The number of fused-ring (bicyclic) bond motifs is 1. The Labute approximate surface area is 172 Å². The van der Waals surface area contributed by atoms with E-state index >= 15 is 0 Å². The number of benzene rings is 2. The van der Waals surface area contributed by atoms with Crippen LogP contribution >= 0.6 is 11.3 Å². The number of aryl methyl sites for hydroxylation is 1. The molecule has 7 nitrogen and oxygen atoms in total. The lowest BCUT2D eigenvalue weighted by molar-refractivity contribution is -0.140. The van der Waals surface area contributed by atoms with Gasteiger partial charge in [-0.3, -0.25) is 9.59 Å². The van der Waals surface area contributed by atoms with E-state index in [0.29, 0.717) is 22.7 Å². The fraction of sp³-hybridized carbons (Fsp3) is 0.286. The van der Waals surface area contributed by atoms with Crippen LogP contribution in [0.2, 0.25) is 0 Å². The predicted octanol–water partition coefficient (Wildman–Crippen LogP) is 3.08. The lowest BCUT2D eigenvalue weighted by Gasteiger charge is -2.11. The maximum Gasteiger partial charge on any atom is 0.307 e. The molecule has 0 N–H and O–H groups in total. The fourth-order valence-corrected chi connectivity index (χ4v) is 3.99. The molecule has 2 aromatic carbocycles. The van der Waals surface area contributed by atoms with Gasteiger partial charge in [-0.2, -0.15) is 4.99 Å². The number of amides is 1. The molecule has 0 aliphatic heterocycles. The molecule has 0 aliphatic rings. The lowest BCUT2D eigenvalue weighted by Crippen LogP contribution is -2.19. The minimum atomic E-state index is -0.340. The molecule has 0 fully saturated rings. The van der Waals surface area contributed by atoms with Crippen molar-refractivity contribution in [3.8, 4) is 5.75 Å². The molecule has 1 heterocycles. The van der Waals surface area contributed by atoms with Gasteiger partial charge in [-0.1, -0.05) is 17.4 Å². The van der Waals surface area contributed by atoms with Crippen molar-refractivity contribution in [3.05, 3.63) is 52.8 Å². The summed E-state index contributed by atoms with van der Waals surface area (Å²) in [5, 5.41) is 0. The zero-order valence-corrected chi connectivity index (χ0v) is 17.7. The van der Waals surface area contributed by atoms with Crippen molar-refractivity contribution in [1.29, 1.82) is 0 Å². The SMILES string of the molecule is COC(=O)CCn1c(=NC(=O)c2ccc(N(C)C)cc2)sc2cccc(OC)c21. The minimum absolute atomic E-state index is 0.166. The third kappa shape index (κ3) is 4.48. The van der Waals surface area contributed by atoms with Crippen LogP contribution in [0.5, 0.6) is 5.75 Å². The van der Waals surface area contributed by atoms with E-state index in [1.807, 2.05) is 53.9 Å². The molecule has 29 heavy (non-hydrogen) atoms. The number of nitrogens with zero attached hydrogens (tertiary/aromatic N) is 3. The minimum Gasteiger partial charge on any atom is -0.495 e. The molecule has 3 aromatic rings. The summed E-state index contributed by atoms with van der Waals surface area (Å²) in [4.78, 5) is 31.3. The highest BCUT2D eigenvalue weighted by Crippen LogP contribution is 2.27. The number of hydrogen-bond acceptors (Lipinski definition) is 6. The van der Waals surface area contributed by atoms with E-state index in [1.54, 1.807) is 19.2 Å². The number of rotatable bonds is 6. The maximum atomic E-state index is 12.8. The number of anilines is 1. The smallest absolute Gasteiger partial charge is 0.307 e. The Morgan fingerprint density at radius 2 is 1.83 bits per heavy atom. The second-order valence-electron chi connectivity index (χ2n) is 6.53. The molecular weight excluding hydrogens is 390 g/mol. The highest BCUT2D eigenvalue weighted by Gasteiger charge is 2.14. The number of aromatic nitrogens is 1. The topological polar surface area (TPSA) is 73.1 Å². The second-order valence-corrected chi connectivity index (χ2v) is 7.54. The Bertz CT molecular complexity index is 1100. The first-order valence-electron chi connectivity index (χ1n) is 9.04. The van der Waals surface area contributed by atoms with Crippen LogP contribution in [-0.4, -0.2) is 44.8 Å². The lowest BCUT2D eigenvalue weighted by atomic mass is 10.2. The number of ether oxygens (including phenoxy) is 2. The van der Waals surface area contributed by atoms with E-state index in [2.05, 4.69) is 4.99 Å². The van der Waals surface area contributed by atoms with Crippen LogP contribution in [0, 0.1) is 0 Å². The first-order valence-corrected chi connectivity index (χ1v) is 9.86. The highest BCUT2D eigenvalue weighted by molar-refractivity contribution is 7.16. The second kappa shape index (κ2) is 8.91. The molecule has 0 spiro atoms. The van der Waals surface area contributed by atoms with Crippen molar-refractivity contribution in [2.24, 2.45) is 4.99 Å². The fourth-order valence-electron chi connectivity index (χ4n) is 2.91. The van der Waals surface area contributed by atoms with Crippen LogP contribution in [0.4, 0.5) is 5.69 Å². The van der Waals surface area contributed by atoms with Crippen LogP contribution in [0.15, 0.2) is 47.5 Å². The van der Waals surface area contributed by atoms with Crippen molar-refractivity contribution in [2.75, 3.05) is 33.2 Å². The first-order chi connectivity index (χ1) is 13.9. The largest absolute Gasteiger partial charge is 0.495 e. The van der Waals surface area contributed by atoms with E-state index in [-0.39, 0.29) is 18.3 Å². The van der Waals surface area contributed by atoms with Gasteiger partial charge in [-0.25, -0.2) is 0 Å². The van der Waals surface area contributed by atoms with Gasteiger partial charge >= 0.3 is 5.97 Å². The van der Waals surface area contributed by atoms with Gasteiger partial charge in [0.1, 0.15) is 11.3 Å². The molecule has 0 radical (unpaired) electrons. The van der Waals surface area contributed by atoms with Gasteiger partial charge in [-0.05, 0) is 36.4 Å². The molecule has 0 bridgehead atoms. The number of thiazole rings is 1. The van der Waals surface area contributed by atoms with E-state index in [4.69, 9.17) is 9.47 Å². The third-order valence-corrected chi connectivity index (χ3v) is 5.52. The number of para-hydroxylation sites is 1. The van der Waals surface area contributed by atoms with Gasteiger partial charge in [0, 0.05) is 31.9 Å². The summed E-state index contributed by atoms with van der Waals surface area (Å²) >= 11 is 1.38. The summed E-state index contributed by atoms with van der Waals surface area (Å²) in [7, 11) is 6.82. The van der Waals surface area contributed by atoms with Crippen molar-refractivity contribution in [3.63, 3.8) is 0 Å². The molecule has 0 aliphatic carbocycles. The average molecular weight is 413 g/mol. The van der Waals surface area contributed by atoms with Crippen LogP contribution in [0.3, 0.4) is 0 Å². The zero-order chi connectivity index (χ0) is 21.0. The van der Waals surface area contributed by atoms with Gasteiger partial charge < -0.3 is 18.9 Å². The number of carbonyl (C=O) groups excluding carboxylic acids is 2. The number of carbonyl (C=O) groups is 2. The highest BCUT2D eigenvalue weighted by atomic mass is 32.1. The molecule has 3 rings (SSSR count). The summed E-state index contributed by atoms with van der Waals surface area (Å²) in [6.45, 7) is 0.332. The molecule has 0 saturated heterocycles. The Hall–Kier alpha value is -3.13. The number of esters is 1. The number of hydrogen-bond donors (Lipinski definition) is 0. The van der Waals surface area contributed by atoms with Gasteiger partial charge in [0.05, 0.1) is 25.3 Å². The van der Waals surface area contributed by atoms with E-state index in [1.165, 1.54) is 18.4 Å². The van der Waals surface area contributed by atoms with Crippen molar-refractivity contribution < 1.29 is 19.1 Å². The Morgan fingerprint density at radius 3 is 2.45 bits per heavy atom. The van der Waals surface area contributed by atoms with Crippen LogP contribution in [-0.2, 0) is 16.1 Å². The molecule has 0 atom stereocenters. The van der Waals surface area contributed by atoms with E-state index in [0.717, 1.165) is 15.9 Å². The van der Waals surface area contributed by atoms with Gasteiger partial charge in [0.2, 0.25) is 0 Å². The van der Waals surface area contributed by atoms with E-state index in [9.17, 15) is 9.59 Å². The Balaban J connectivity index is 2.06. The van der Waals surface area contributed by atoms with Crippen molar-refractivity contribution in [1.82, 2.24) is 4.57 Å². The summed E-state index contributed by atoms with van der Waals surface area (Å²) in [5.74, 6) is -0.0104. The van der Waals surface area contributed by atoms with Crippen LogP contribution in [0.25, 0.3) is 10.2 Å². The molecular formula is C21H23N3O4S. The van der Waals surface area contributed by atoms with Crippen LogP contribution in [0.1, 0.15) is 16.8 Å². The summed E-state index contributed by atoms with van der Waals surface area (Å²) in [6.07, 6.45) is 0.166. The van der Waals surface area contributed by atoms with Crippen LogP contribution < -0.4 is 14.4 Å². The quantitative estimate of drug-likeness (QED) is 0.581. The maximum absolute atomic E-state index is 12.8. The molecule has 152 valence electrons. The Kier molecular flexibility index (Phi) is 6.33.